The summed E-state index contributed by atoms with van der Waals surface area (Å²) >= 11 is 1.72. The highest BCUT2D eigenvalue weighted by Gasteiger charge is 2.25. The molecule has 0 saturated heterocycles. The van der Waals surface area contributed by atoms with E-state index in [0.29, 0.717) is 5.75 Å². The van der Waals surface area contributed by atoms with Crippen LogP contribution in [-0.4, -0.2) is 24.4 Å². The molecule has 0 spiro atoms. The lowest BCUT2D eigenvalue weighted by molar-refractivity contribution is 0.444. The van der Waals surface area contributed by atoms with Crippen molar-refractivity contribution in [1.82, 2.24) is 4.98 Å². The number of hydrogen-bond donors (Lipinski definition) is 1. The Morgan fingerprint density at radius 3 is 1.91 bits per heavy atom. The molecule has 0 saturated carbocycles. The van der Waals surface area contributed by atoms with Crippen molar-refractivity contribution in [1.29, 1.82) is 0 Å². The number of aliphatic imine (C=N–C) groups is 1. The Bertz CT molecular complexity index is 1920. The fourth-order valence-electron chi connectivity index (χ4n) is 5.61. The molecule has 0 aliphatic heterocycles. The molecule has 0 aliphatic carbocycles. The van der Waals surface area contributed by atoms with Gasteiger partial charge >= 0.3 is 0 Å². The van der Waals surface area contributed by atoms with E-state index in [0.717, 1.165) is 32.9 Å². The van der Waals surface area contributed by atoms with Crippen molar-refractivity contribution in [2.75, 3.05) is 0 Å². The van der Waals surface area contributed by atoms with Gasteiger partial charge in [-0.15, -0.1) is 11.3 Å². The first-order chi connectivity index (χ1) is 21.2. The van der Waals surface area contributed by atoms with E-state index in [2.05, 4.69) is 137 Å². The molecule has 0 atom stereocenters. The third-order valence-corrected chi connectivity index (χ3v) is 11.8. The van der Waals surface area contributed by atoms with Crippen LogP contribution in [0.15, 0.2) is 77.8 Å². The zero-order valence-corrected chi connectivity index (χ0v) is 31.6. The third kappa shape index (κ3) is 7.06. The summed E-state index contributed by atoms with van der Waals surface area (Å²) in [6, 6.07) is 26.2. The van der Waals surface area contributed by atoms with Crippen LogP contribution in [0.25, 0.3) is 31.9 Å². The van der Waals surface area contributed by atoms with Gasteiger partial charge in [-0.3, -0.25) is 4.99 Å². The second-order valence-electron chi connectivity index (χ2n) is 16.7. The Morgan fingerprint density at radius 1 is 0.717 bits per heavy atom. The van der Waals surface area contributed by atoms with Gasteiger partial charge in [0.25, 0.3) is 0 Å². The SMILES string of the molecule is CC(C)(C)c1cc(C=Nc2ccccc2-c2nc3c(-c4ccc([Si](C)(C)C)cc4)cc(C(C)(C)C)cc3s2)c(O)c(C(C)(C)C)c1. The number of aromatic nitrogens is 1. The molecule has 5 aromatic rings. The Labute approximate surface area is 281 Å². The molecule has 0 unspecified atom stereocenters. The number of aromatic hydroxyl groups is 1. The monoisotopic (exact) mass is 646 g/mol. The number of nitrogens with zero attached hydrogens (tertiary/aromatic N) is 2. The van der Waals surface area contributed by atoms with Gasteiger partial charge in [-0.1, -0.05) is 130 Å². The summed E-state index contributed by atoms with van der Waals surface area (Å²) in [7, 11) is -1.40. The maximum absolute atomic E-state index is 11.4. The molecular formula is C41H50N2OSSi. The van der Waals surface area contributed by atoms with E-state index in [9.17, 15) is 5.11 Å². The molecule has 5 heteroatoms. The highest BCUT2D eigenvalue weighted by molar-refractivity contribution is 7.21. The zero-order valence-electron chi connectivity index (χ0n) is 29.8. The van der Waals surface area contributed by atoms with Gasteiger partial charge in [0.2, 0.25) is 0 Å². The lowest BCUT2D eigenvalue weighted by atomic mass is 9.79. The first kappa shape index (κ1) is 33.8. The van der Waals surface area contributed by atoms with Crippen molar-refractivity contribution in [3.05, 3.63) is 95.1 Å². The second-order valence-corrected chi connectivity index (χ2v) is 22.8. The summed E-state index contributed by atoms with van der Waals surface area (Å²) in [6.45, 7) is 27.0. The lowest BCUT2D eigenvalue weighted by Gasteiger charge is -2.27. The van der Waals surface area contributed by atoms with Crippen LogP contribution >= 0.6 is 11.3 Å². The van der Waals surface area contributed by atoms with Crippen LogP contribution in [0.2, 0.25) is 19.6 Å². The van der Waals surface area contributed by atoms with Gasteiger partial charge in [-0.2, -0.15) is 0 Å². The molecule has 240 valence electrons. The molecular weight excluding hydrogens is 597 g/mol. The molecule has 0 radical (unpaired) electrons. The number of thiazole rings is 1. The maximum Gasteiger partial charge on any atom is 0.128 e. The van der Waals surface area contributed by atoms with Crippen molar-refractivity contribution in [3.63, 3.8) is 0 Å². The van der Waals surface area contributed by atoms with Gasteiger partial charge in [-0.05, 0) is 63.3 Å². The van der Waals surface area contributed by atoms with Crippen LogP contribution in [0.3, 0.4) is 0 Å². The minimum absolute atomic E-state index is 0.00304. The Balaban J connectivity index is 1.64. The number of phenols is 1. The molecule has 0 aliphatic rings. The van der Waals surface area contributed by atoms with Crippen LogP contribution in [-0.2, 0) is 16.2 Å². The Kier molecular flexibility index (Phi) is 8.76. The molecule has 0 amide bonds. The number of rotatable bonds is 5. The Morgan fingerprint density at radius 2 is 1.33 bits per heavy atom. The molecule has 4 aromatic carbocycles. The summed E-state index contributed by atoms with van der Waals surface area (Å²) in [5, 5.41) is 13.8. The van der Waals surface area contributed by atoms with E-state index in [1.165, 1.54) is 32.1 Å². The number of hydrogen-bond acceptors (Lipinski definition) is 4. The average molecular weight is 647 g/mol. The Hall–Kier alpha value is -3.54. The van der Waals surface area contributed by atoms with Gasteiger partial charge in [0, 0.05) is 28.5 Å². The van der Waals surface area contributed by atoms with E-state index in [1.54, 1.807) is 11.3 Å². The summed E-state index contributed by atoms with van der Waals surface area (Å²) < 4.78 is 1.18. The van der Waals surface area contributed by atoms with Gasteiger partial charge in [-0.25, -0.2) is 4.98 Å². The third-order valence-electron chi connectivity index (χ3n) is 8.71. The van der Waals surface area contributed by atoms with Crippen LogP contribution in [0.5, 0.6) is 5.75 Å². The standard InChI is InChI=1S/C41H50N2OSSi/c1-39(2,3)28-21-27(37(44)33(23-28)41(7,8)9)25-42-34-16-14-13-15-31(34)38-43-36-32(22-29(40(4,5)6)24-35(36)45-38)26-17-19-30(20-18-26)46(10,11)12/h13-25,44H,1-12H3. The van der Waals surface area contributed by atoms with E-state index in [4.69, 9.17) is 9.98 Å². The summed E-state index contributed by atoms with van der Waals surface area (Å²) in [6.07, 6.45) is 1.81. The van der Waals surface area contributed by atoms with Gasteiger partial charge in [0.1, 0.15) is 10.8 Å². The van der Waals surface area contributed by atoms with Crippen LogP contribution < -0.4 is 5.19 Å². The van der Waals surface area contributed by atoms with Crippen LogP contribution in [0, 0.1) is 0 Å². The molecule has 5 rings (SSSR count). The molecule has 1 aromatic heterocycles. The van der Waals surface area contributed by atoms with Crippen LogP contribution in [0.1, 0.15) is 84.6 Å². The molecule has 46 heavy (non-hydrogen) atoms. The minimum atomic E-state index is -1.40. The van der Waals surface area contributed by atoms with Crippen molar-refractivity contribution in [3.8, 4) is 27.4 Å². The summed E-state index contributed by atoms with van der Waals surface area (Å²) in [5.74, 6) is 0.293. The topological polar surface area (TPSA) is 45.5 Å². The lowest BCUT2D eigenvalue weighted by Crippen LogP contribution is -2.37. The zero-order chi connectivity index (χ0) is 33.8. The van der Waals surface area contributed by atoms with Crippen molar-refractivity contribution in [2.45, 2.75) is 98.2 Å². The smallest absolute Gasteiger partial charge is 0.128 e. The fraction of sp³-hybridized carbons (Fsp3) is 0.366. The predicted molar refractivity (Wildman–Crippen MR) is 205 cm³/mol. The highest BCUT2D eigenvalue weighted by atomic mass is 32.1. The van der Waals surface area contributed by atoms with E-state index < -0.39 is 8.07 Å². The van der Waals surface area contributed by atoms with Gasteiger partial charge in [0.15, 0.2) is 0 Å². The average Bonchev–Trinajstić information content (AvgIpc) is 3.38. The normalized spacial score (nSPS) is 13.2. The first-order valence-electron chi connectivity index (χ1n) is 16.3. The summed E-state index contributed by atoms with van der Waals surface area (Å²) in [4.78, 5) is 10.3. The van der Waals surface area contributed by atoms with E-state index >= 15 is 0 Å². The van der Waals surface area contributed by atoms with Gasteiger partial charge < -0.3 is 5.11 Å². The molecule has 1 N–H and O–H groups in total. The van der Waals surface area contributed by atoms with E-state index in [1.807, 2.05) is 24.4 Å². The minimum Gasteiger partial charge on any atom is -0.507 e. The maximum atomic E-state index is 11.4. The van der Waals surface area contributed by atoms with E-state index in [-0.39, 0.29) is 16.2 Å². The quantitative estimate of drug-likeness (QED) is 0.153. The predicted octanol–water partition coefficient (Wildman–Crippen LogP) is 11.5. The second kappa shape index (κ2) is 11.9. The fourth-order valence-corrected chi connectivity index (χ4v) is 7.85. The van der Waals surface area contributed by atoms with Crippen molar-refractivity contribution in [2.24, 2.45) is 4.99 Å². The largest absolute Gasteiger partial charge is 0.507 e. The molecule has 3 nitrogen and oxygen atoms in total. The highest BCUT2D eigenvalue weighted by Crippen LogP contribution is 2.42. The number of para-hydroxylation sites is 1. The number of fused-ring (bicyclic) bond motifs is 1. The summed E-state index contributed by atoms with van der Waals surface area (Å²) in [5.41, 5.74) is 9.09. The molecule has 0 bridgehead atoms. The van der Waals surface area contributed by atoms with Crippen molar-refractivity contribution >= 4 is 46.7 Å². The molecule has 1 heterocycles. The van der Waals surface area contributed by atoms with Crippen LogP contribution in [0.4, 0.5) is 5.69 Å². The number of benzene rings is 4. The first-order valence-corrected chi connectivity index (χ1v) is 20.6. The van der Waals surface area contributed by atoms with Gasteiger partial charge in [0.05, 0.1) is 24.0 Å². The number of phenolic OH excluding ortho intramolecular Hbond substituents is 1. The van der Waals surface area contributed by atoms with Crippen molar-refractivity contribution < 1.29 is 5.11 Å². The molecule has 0 fully saturated rings.